The van der Waals surface area contributed by atoms with E-state index in [0.717, 1.165) is 63.4 Å². The van der Waals surface area contributed by atoms with Crippen molar-refractivity contribution in [3.8, 4) is 5.75 Å². The predicted octanol–water partition coefficient (Wildman–Crippen LogP) is 4.82. The van der Waals surface area contributed by atoms with Crippen LogP contribution in [0.2, 0.25) is 0 Å². The lowest BCUT2D eigenvalue weighted by molar-refractivity contribution is 0.113. The summed E-state index contributed by atoms with van der Waals surface area (Å²) in [7, 11) is 2.21. The van der Waals surface area contributed by atoms with Gasteiger partial charge in [0, 0.05) is 32.7 Å². The smallest absolute Gasteiger partial charge is 0.127 e. The molecule has 0 amide bonds. The van der Waals surface area contributed by atoms with Crippen LogP contribution in [-0.4, -0.2) is 59.2 Å². The zero-order chi connectivity index (χ0) is 21.8. The van der Waals surface area contributed by atoms with Gasteiger partial charge in [0.15, 0.2) is 0 Å². The highest BCUT2D eigenvalue weighted by molar-refractivity contribution is 5.76. The number of piperazine rings is 1. The topological polar surface area (TPSA) is 33.5 Å². The van der Waals surface area contributed by atoms with Gasteiger partial charge in [0.2, 0.25) is 0 Å². The van der Waals surface area contributed by atoms with Crippen LogP contribution < -0.4 is 4.74 Å². The molecule has 1 fully saturated rings. The van der Waals surface area contributed by atoms with Crippen molar-refractivity contribution >= 4 is 11.0 Å². The van der Waals surface area contributed by atoms with E-state index in [4.69, 9.17) is 9.72 Å². The molecule has 1 aliphatic rings. The van der Waals surface area contributed by atoms with Gasteiger partial charge in [0.1, 0.15) is 11.6 Å². The standard InChI is InChI=1S/C26H36N4O/c1-20-17-21(2)19-23(18-20)31-16-8-7-11-30-25-10-6-5-9-24(25)27-26(30)22(3)29-14-12-28(4)13-15-29/h5-6,9-10,17-19,22H,7-8,11-16H2,1-4H3. The Kier molecular flexibility index (Phi) is 6.93. The van der Waals surface area contributed by atoms with Gasteiger partial charge >= 0.3 is 0 Å². The van der Waals surface area contributed by atoms with Gasteiger partial charge in [0.25, 0.3) is 0 Å². The first-order valence-electron chi connectivity index (χ1n) is 11.6. The van der Waals surface area contributed by atoms with E-state index in [0.29, 0.717) is 6.04 Å². The minimum atomic E-state index is 0.326. The summed E-state index contributed by atoms with van der Waals surface area (Å²) in [6, 6.07) is 15.3. The van der Waals surface area contributed by atoms with Gasteiger partial charge in [-0.1, -0.05) is 18.2 Å². The molecule has 31 heavy (non-hydrogen) atoms. The van der Waals surface area contributed by atoms with Crippen molar-refractivity contribution in [1.82, 2.24) is 19.4 Å². The third-order valence-electron chi connectivity index (χ3n) is 6.38. The molecule has 0 radical (unpaired) electrons. The number of ether oxygens (including phenoxy) is 1. The maximum Gasteiger partial charge on any atom is 0.127 e. The van der Waals surface area contributed by atoms with E-state index in [2.05, 4.69) is 84.7 Å². The van der Waals surface area contributed by atoms with Crippen LogP contribution >= 0.6 is 0 Å². The number of para-hydroxylation sites is 2. The molecular weight excluding hydrogens is 384 g/mol. The molecule has 1 saturated heterocycles. The molecule has 2 aromatic carbocycles. The Morgan fingerprint density at radius 3 is 2.42 bits per heavy atom. The molecule has 4 rings (SSSR count). The van der Waals surface area contributed by atoms with Crippen molar-refractivity contribution < 1.29 is 4.74 Å². The zero-order valence-corrected chi connectivity index (χ0v) is 19.5. The average molecular weight is 421 g/mol. The number of hydrogen-bond acceptors (Lipinski definition) is 4. The maximum atomic E-state index is 6.02. The first-order valence-corrected chi connectivity index (χ1v) is 11.6. The van der Waals surface area contributed by atoms with Crippen LogP contribution in [0.25, 0.3) is 11.0 Å². The third-order valence-corrected chi connectivity index (χ3v) is 6.38. The normalized spacial score (nSPS) is 16.6. The van der Waals surface area contributed by atoms with Crippen LogP contribution in [0.3, 0.4) is 0 Å². The van der Waals surface area contributed by atoms with E-state index < -0.39 is 0 Å². The van der Waals surface area contributed by atoms with Crippen molar-refractivity contribution in [3.63, 3.8) is 0 Å². The maximum absolute atomic E-state index is 6.02. The van der Waals surface area contributed by atoms with Gasteiger partial charge in [-0.2, -0.15) is 0 Å². The van der Waals surface area contributed by atoms with Crippen molar-refractivity contribution in [3.05, 3.63) is 59.4 Å². The Balaban J connectivity index is 1.41. The SMILES string of the molecule is Cc1cc(C)cc(OCCCCn2c(C(C)N3CCN(C)CC3)nc3ccccc32)c1. The highest BCUT2D eigenvalue weighted by Crippen LogP contribution is 2.26. The van der Waals surface area contributed by atoms with Gasteiger partial charge < -0.3 is 14.2 Å². The number of likely N-dealkylation sites (N-methyl/N-ethyl adjacent to an activating group) is 1. The minimum Gasteiger partial charge on any atom is -0.494 e. The molecule has 166 valence electrons. The summed E-state index contributed by atoms with van der Waals surface area (Å²) in [6.07, 6.45) is 2.11. The lowest BCUT2D eigenvalue weighted by Crippen LogP contribution is -2.45. The molecule has 5 heteroatoms. The molecule has 0 saturated carbocycles. The molecule has 1 atom stereocenters. The monoisotopic (exact) mass is 420 g/mol. The fourth-order valence-corrected chi connectivity index (χ4v) is 4.60. The van der Waals surface area contributed by atoms with Crippen LogP contribution in [0.4, 0.5) is 0 Å². The Morgan fingerprint density at radius 1 is 0.968 bits per heavy atom. The fourth-order valence-electron chi connectivity index (χ4n) is 4.60. The molecule has 1 unspecified atom stereocenters. The minimum absolute atomic E-state index is 0.326. The number of rotatable bonds is 8. The molecule has 0 spiro atoms. The summed E-state index contributed by atoms with van der Waals surface area (Å²) in [5.41, 5.74) is 4.85. The predicted molar refractivity (Wildman–Crippen MR) is 128 cm³/mol. The van der Waals surface area contributed by atoms with Crippen molar-refractivity contribution in [1.29, 1.82) is 0 Å². The first kappa shape index (κ1) is 21.8. The first-order chi connectivity index (χ1) is 15.0. The zero-order valence-electron chi connectivity index (χ0n) is 19.5. The summed E-state index contributed by atoms with van der Waals surface area (Å²) < 4.78 is 8.46. The van der Waals surface area contributed by atoms with Gasteiger partial charge in [-0.25, -0.2) is 4.98 Å². The number of unbranched alkanes of at least 4 members (excludes halogenated alkanes) is 1. The summed E-state index contributed by atoms with van der Waals surface area (Å²) in [4.78, 5) is 10.0. The van der Waals surface area contributed by atoms with Crippen molar-refractivity contribution in [2.24, 2.45) is 0 Å². The molecule has 1 aromatic heterocycles. The van der Waals surface area contributed by atoms with Crippen LogP contribution in [0.15, 0.2) is 42.5 Å². The van der Waals surface area contributed by atoms with Gasteiger partial charge in [0.05, 0.1) is 23.7 Å². The molecule has 5 nitrogen and oxygen atoms in total. The molecule has 0 N–H and O–H groups in total. The summed E-state index contributed by atoms with van der Waals surface area (Å²) in [5, 5.41) is 0. The molecular formula is C26H36N4O. The number of benzene rings is 2. The summed E-state index contributed by atoms with van der Waals surface area (Å²) in [6.45, 7) is 12.7. The number of hydrogen-bond donors (Lipinski definition) is 0. The van der Waals surface area contributed by atoms with Crippen LogP contribution in [0.1, 0.15) is 42.8 Å². The highest BCUT2D eigenvalue weighted by Gasteiger charge is 2.24. The second kappa shape index (κ2) is 9.84. The van der Waals surface area contributed by atoms with Gasteiger partial charge in [-0.3, -0.25) is 4.90 Å². The van der Waals surface area contributed by atoms with Gasteiger partial charge in [-0.05, 0) is 76.1 Å². The van der Waals surface area contributed by atoms with E-state index in [-0.39, 0.29) is 0 Å². The molecule has 3 aromatic rings. The summed E-state index contributed by atoms with van der Waals surface area (Å²) in [5.74, 6) is 2.18. The Hall–Kier alpha value is -2.37. The van der Waals surface area contributed by atoms with Crippen molar-refractivity contribution in [2.45, 2.75) is 46.2 Å². The van der Waals surface area contributed by atoms with Crippen molar-refractivity contribution in [2.75, 3.05) is 39.8 Å². The largest absolute Gasteiger partial charge is 0.494 e. The molecule has 1 aliphatic heterocycles. The number of fused-ring (bicyclic) bond motifs is 1. The average Bonchev–Trinajstić information content (AvgIpc) is 3.11. The van der Waals surface area contributed by atoms with Crippen LogP contribution in [0.5, 0.6) is 5.75 Å². The Bertz CT molecular complexity index is 984. The summed E-state index contributed by atoms with van der Waals surface area (Å²) >= 11 is 0. The number of imidazole rings is 1. The number of aromatic nitrogens is 2. The fraction of sp³-hybridized carbons (Fsp3) is 0.500. The van der Waals surface area contributed by atoms with E-state index >= 15 is 0 Å². The van der Waals surface area contributed by atoms with E-state index in [1.165, 1.54) is 22.5 Å². The second-order valence-corrected chi connectivity index (χ2v) is 9.00. The molecule has 0 bridgehead atoms. The number of nitrogens with zero attached hydrogens (tertiary/aromatic N) is 4. The van der Waals surface area contributed by atoms with Crippen LogP contribution in [0, 0.1) is 13.8 Å². The van der Waals surface area contributed by atoms with E-state index in [1.54, 1.807) is 0 Å². The highest BCUT2D eigenvalue weighted by atomic mass is 16.5. The number of aryl methyl sites for hydroxylation is 3. The van der Waals surface area contributed by atoms with E-state index in [1.807, 2.05) is 0 Å². The Morgan fingerprint density at radius 2 is 1.68 bits per heavy atom. The van der Waals surface area contributed by atoms with Gasteiger partial charge in [-0.15, -0.1) is 0 Å². The lowest BCUT2D eigenvalue weighted by Gasteiger charge is -2.36. The van der Waals surface area contributed by atoms with Crippen LogP contribution in [-0.2, 0) is 6.54 Å². The Labute approximate surface area is 186 Å². The second-order valence-electron chi connectivity index (χ2n) is 9.00. The third kappa shape index (κ3) is 5.28. The quantitative estimate of drug-likeness (QED) is 0.489. The molecule has 0 aliphatic carbocycles. The van der Waals surface area contributed by atoms with E-state index in [9.17, 15) is 0 Å². The molecule has 2 heterocycles. The lowest BCUT2D eigenvalue weighted by atomic mass is 10.1.